The van der Waals surface area contributed by atoms with Crippen LogP contribution >= 0.6 is 0 Å². The fourth-order valence-electron chi connectivity index (χ4n) is 2.65. The summed E-state index contributed by atoms with van der Waals surface area (Å²) in [4.78, 5) is 0. The molecule has 2 heterocycles. The highest BCUT2D eigenvalue weighted by atomic mass is 16.5. The van der Waals surface area contributed by atoms with Crippen LogP contribution < -0.4 is 10.1 Å². The number of ether oxygens (including phenoxy) is 1. The molecule has 14 heavy (non-hydrogen) atoms. The molecular formula is C12H15NO. The lowest BCUT2D eigenvalue weighted by atomic mass is 9.76. The summed E-state index contributed by atoms with van der Waals surface area (Å²) in [5.74, 6) is 1.09. The topological polar surface area (TPSA) is 21.3 Å². The lowest BCUT2D eigenvalue weighted by Crippen LogP contribution is -2.44. The van der Waals surface area contributed by atoms with Crippen molar-refractivity contribution < 1.29 is 4.74 Å². The molecule has 3 rings (SSSR count). The van der Waals surface area contributed by atoms with Crippen LogP contribution in [-0.2, 0) is 5.41 Å². The van der Waals surface area contributed by atoms with Crippen LogP contribution in [0.15, 0.2) is 24.3 Å². The molecule has 2 aliphatic rings. The first-order valence-corrected chi connectivity index (χ1v) is 5.34. The quantitative estimate of drug-likeness (QED) is 0.670. The molecule has 2 heteroatoms. The van der Waals surface area contributed by atoms with Gasteiger partial charge in [-0.05, 0) is 25.5 Å². The SMILES string of the molecule is c1ccc2c(c1)OC[C@@]21CCCNC1. The predicted molar refractivity (Wildman–Crippen MR) is 55.7 cm³/mol. The molecule has 1 fully saturated rings. The molecule has 0 bridgehead atoms. The lowest BCUT2D eigenvalue weighted by molar-refractivity contribution is 0.224. The van der Waals surface area contributed by atoms with Crippen molar-refractivity contribution in [1.82, 2.24) is 5.32 Å². The van der Waals surface area contributed by atoms with Gasteiger partial charge < -0.3 is 10.1 Å². The second kappa shape index (κ2) is 2.99. The van der Waals surface area contributed by atoms with Crippen LogP contribution in [0.3, 0.4) is 0 Å². The summed E-state index contributed by atoms with van der Waals surface area (Å²) in [7, 11) is 0. The summed E-state index contributed by atoms with van der Waals surface area (Å²) in [6.45, 7) is 3.09. The Bertz CT molecular complexity index is 336. The molecule has 1 aromatic carbocycles. The first kappa shape index (κ1) is 8.30. The summed E-state index contributed by atoms with van der Waals surface area (Å²) in [5, 5.41) is 3.48. The fraction of sp³-hybridized carbons (Fsp3) is 0.500. The zero-order chi connectivity index (χ0) is 9.43. The molecular weight excluding hydrogens is 174 g/mol. The smallest absolute Gasteiger partial charge is 0.123 e. The monoisotopic (exact) mass is 189 g/mol. The molecule has 1 N–H and O–H groups in total. The van der Waals surface area contributed by atoms with E-state index in [0.717, 1.165) is 25.4 Å². The molecule has 0 aromatic heterocycles. The Balaban J connectivity index is 2.03. The predicted octanol–water partition coefficient (Wildman–Crippen LogP) is 1.70. The minimum atomic E-state index is 0.273. The van der Waals surface area contributed by atoms with E-state index in [9.17, 15) is 0 Å². The number of rotatable bonds is 0. The zero-order valence-electron chi connectivity index (χ0n) is 8.25. The number of nitrogens with one attached hydrogen (secondary N) is 1. The molecule has 1 saturated heterocycles. The Morgan fingerprint density at radius 2 is 2.21 bits per heavy atom. The number of fused-ring (bicyclic) bond motifs is 2. The van der Waals surface area contributed by atoms with Crippen molar-refractivity contribution in [1.29, 1.82) is 0 Å². The van der Waals surface area contributed by atoms with Gasteiger partial charge in [-0.25, -0.2) is 0 Å². The second-order valence-electron chi connectivity index (χ2n) is 4.35. The molecule has 0 radical (unpaired) electrons. The van der Waals surface area contributed by atoms with E-state index in [2.05, 4.69) is 23.5 Å². The summed E-state index contributed by atoms with van der Waals surface area (Å²) in [6.07, 6.45) is 2.52. The number of piperidine rings is 1. The Kier molecular flexibility index (Phi) is 1.77. The normalized spacial score (nSPS) is 30.0. The van der Waals surface area contributed by atoms with E-state index in [-0.39, 0.29) is 5.41 Å². The van der Waals surface area contributed by atoms with Crippen LogP contribution in [0.25, 0.3) is 0 Å². The average molecular weight is 189 g/mol. The van der Waals surface area contributed by atoms with Gasteiger partial charge in [-0.1, -0.05) is 18.2 Å². The van der Waals surface area contributed by atoms with Gasteiger partial charge >= 0.3 is 0 Å². The Hall–Kier alpha value is -1.02. The van der Waals surface area contributed by atoms with Gasteiger partial charge in [0, 0.05) is 17.5 Å². The second-order valence-corrected chi connectivity index (χ2v) is 4.35. The van der Waals surface area contributed by atoms with Crippen molar-refractivity contribution in [2.45, 2.75) is 18.3 Å². The average Bonchev–Trinajstić information content (AvgIpc) is 2.60. The Morgan fingerprint density at radius 3 is 3.07 bits per heavy atom. The fourth-order valence-corrected chi connectivity index (χ4v) is 2.65. The minimum absolute atomic E-state index is 0.273. The van der Waals surface area contributed by atoms with Gasteiger partial charge in [0.15, 0.2) is 0 Å². The first-order chi connectivity index (χ1) is 6.91. The molecule has 0 aliphatic carbocycles. The number of hydrogen-bond acceptors (Lipinski definition) is 2. The molecule has 1 atom stereocenters. The highest BCUT2D eigenvalue weighted by molar-refractivity contribution is 5.44. The maximum Gasteiger partial charge on any atom is 0.123 e. The van der Waals surface area contributed by atoms with Crippen LogP contribution in [0.4, 0.5) is 0 Å². The van der Waals surface area contributed by atoms with Crippen LogP contribution in [0, 0.1) is 0 Å². The van der Waals surface area contributed by atoms with Gasteiger partial charge in [0.2, 0.25) is 0 Å². The third kappa shape index (κ3) is 1.07. The molecule has 0 unspecified atom stereocenters. The Morgan fingerprint density at radius 1 is 1.29 bits per heavy atom. The van der Waals surface area contributed by atoms with Gasteiger partial charge in [0.1, 0.15) is 5.75 Å². The lowest BCUT2D eigenvalue weighted by Gasteiger charge is -2.32. The van der Waals surface area contributed by atoms with Crippen molar-refractivity contribution in [3.05, 3.63) is 29.8 Å². The third-order valence-corrected chi connectivity index (χ3v) is 3.43. The maximum atomic E-state index is 5.75. The van der Waals surface area contributed by atoms with E-state index in [1.165, 1.54) is 18.4 Å². The maximum absolute atomic E-state index is 5.75. The van der Waals surface area contributed by atoms with Crippen LogP contribution in [0.1, 0.15) is 18.4 Å². The number of para-hydroxylation sites is 1. The Labute approximate surface area is 84.3 Å². The number of hydrogen-bond donors (Lipinski definition) is 1. The standard InChI is InChI=1S/C12H15NO/c1-2-5-11-10(4-1)12(9-14-11)6-3-7-13-8-12/h1-2,4-5,13H,3,6-9H2/t12-/m0/s1. The van der Waals surface area contributed by atoms with E-state index in [1.807, 2.05) is 6.07 Å². The van der Waals surface area contributed by atoms with Gasteiger partial charge in [0.05, 0.1) is 6.61 Å². The molecule has 1 aromatic rings. The van der Waals surface area contributed by atoms with Gasteiger partial charge in [-0.2, -0.15) is 0 Å². The van der Waals surface area contributed by atoms with E-state index < -0.39 is 0 Å². The van der Waals surface area contributed by atoms with Crippen LogP contribution in [-0.4, -0.2) is 19.7 Å². The van der Waals surface area contributed by atoms with E-state index in [1.54, 1.807) is 0 Å². The van der Waals surface area contributed by atoms with Crippen LogP contribution in [0.5, 0.6) is 5.75 Å². The first-order valence-electron chi connectivity index (χ1n) is 5.34. The minimum Gasteiger partial charge on any atom is -0.492 e. The van der Waals surface area contributed by atoms with Crippen molar-refractivity contribution in [2.75, 3.05) is 19.7 Å². The summed E-state index contributed by atoms with van der Waals surface area (Å²) < 4.78 is 5.75. The van der Waals surface area contributed by atoms with Crippen molar-refractivity contribution in [2.24, 2.45) is 0 Å². The van der Waals surface area contributed by atoms with E-state index >= 15 is 0 Å². The largest absolute Gasteiger partial charge is 0.492 e. The van der Waals surface area contributed by atoms with Crippen molar-refractivity contribution >= 4 is 0 Å². The van der Waals surface area contributed by atoms with Gasteiger partial charge in [-0.3, -0.25) is 0 Å². The van der Waals surface area contributed by atoms with Crippen molar-refractivity contribution in [3.8, 4) is 5.75 Å². The highest BCUT2D eigenvalue weighted by Crippen LogP contribution is 2.42. The van der Waals surface area contributed by atoms with E-state index in [4.69, 9.17) is 4.74 Å². The molecule has 2 aliphatic heterocycles. The molecule has 2 nitrogen and oxygen atoms in total. The van der Waals surface area contributed by atoms with E-state index in [0.29, 0.717) is 0 Å². The van der Waals surface area contributed by atoms with Gasteiger partial charge in [-0.15, -0.1) is 0 Å². The summed E-state index contributed by atoms with van der Waals surface area (Å²) in [5.41, 5.74) is 1.68. The zero-order valence-corrected chi connectivity index (χ0v) is 8.25. The molecule has 0 amide bonds. The van der Waals surface area contributed by atoms with Crippen LogP contribution in [0.2, 0.25) is 0 Å². The molecule has 0 saturated carbocycles. The third-order valence-electron chi connectivity index (χ3n) is 3.43. The van der Waals surface area contributed by atoms with Gasteiger partial charge in [0.25, 0.3) is 0 Å². The number of benzene rings is 1. The van der Waals surface area contributed by atoms with Crippen molar-refractivity contribution in [3.63, 3.8) is 0 Å². The highest BCUT2D eigenvalue weighted by Gasteiger charge is 2.41. The molecule has 74 valence electrons. The summed E-state index contributed by atoms with van der Waals surface area (Å²) >= 11 is 0. The summed E-state index contributed by atoms with van der Waals surface area (Å²) in [6, 6.07) is 8.46. The molecule has 1 spiro atoms.